The summed E-state index contributed by atoms with van der Waals surface area (Å²) in [4.78, 5) is 11.3. The van der Waals surface area contributed by atoms with Gasteiger partial charge in [-0.1, -0.05) is 0 Å². The number of aromatic amines is 1. The number of fused-ring (bicyclic) bond motifs is 1. The Kier molecular flexibility index (Phi) is 2.28. The molecule has 0 aromatic carbocycles. The SMILES string of the molecule is NCCc1c[nH]c2c(Br)ncnc12. The highest BCUT2D eigenvalue weighted by atomic mass is 79.9. The van der Waals surface area contributed by atoms with E-state index in [1.807, 2.05) is 6.20 Å². The quantitative estimate of drug-likeness (QED) is 0.777. The molecule has 2 rings (SSSR count). The lowest BCUT2D eigenvalue weighted by Crippen LogP contribution is -2.02. The molecule has 0 bridgehead atoms. The molecule has 0 fully saturated rings. The van der Waals surface area contributed by atoms with Crippen LogP contribution in [0.5, 0.6) is 0 Å². The van der Waals surface area contributed by atoms with Crippen molar-refractivity contribution in [2.45, 2.75) is 6.42 Å². The second-order valence-electron chi connectivity index (χ2n) is 2.74. The summed E-state index contributed by atoms with van der Waals surface area (Å²) in [6, 6.07) is 0. The molecule has 0 aliphatic carbocycles. The van der Waals surface area contributed by atoms with Gasteiger partial charge in [-0.3, -0.25) is 0 Å². The van der Waals surface area contributed by atoms with Gasteiger partial charge in [0.25, 0.3) is 0 Å². The number of aromatic nitrogens is 3. The molecule has 0 saturated carbocycles. The van der Waals surface area contributed by atoms with Gasteiger partial charge in [-0.25, -0.2) is 9.97 Å². The van der Waals surface area contributed by atoms with Crippen LogP contribution in [0.25, 0.3) is 11.0 Å². The van der Waals surface area contributed by atoms with Crippen molar-refractivity contribution in [2.24, 2.45) is 5.73 Å². The number of nitrogens with one attached hydrogen (secondary N) is 1. The molecule has 0 aliphatic heterocycles. The minimum Gasteiger partial charge on any atom is -0.357 e. The van der Waals surface area contributed by atoms with Gasteiger partial charge in [0.2, 0.25) is 0 Å². The Labute approximate surface area is 83.7 Å². The van der Waals surface area contributed by atoms with Crippen molar-refractivity contribution in [2.75, 3.05) is 6.54 Å². The van der Waals surface area contributed by atoms with E-state index in [0.717, 1.165) is 27.6 Å². The van der Waals surface area contributed by atoms with Crippen LogP contribution in [0.1, 0.15) is 5.56 Å². The van der Waals surface area contributed by atoms with Gasteiger partial charge in [-0.2, -0.15) is 0 Å². The molecule has 0 aliphatic rings. The first kappa shape index (κ1) is 8.65. The highest BCUT2D eigenvalue weighted by Crippen LogP contribution is 2.21. The van der Waals surface area contributed by atoms with Crippen LogP contribution < -0.4 is 5.73 Å². The van der Waals surface area contributed by atoms with E-state index in [9.17, 15) is 0 Å². The van der Waals surface area contributed by atoms with E-state index in [-0.39, 0.29) is 0 Å². The minimum absolute atomic E-state index is 0.634. The Morgan fingerprint density at radius 3 is 3.08 bits per heavy atom. The summed E-state index contributed by atoms with van der Waals surface area (Å²) in [6.07, 6.45) is 4.31. The summed E-state index contributed by atoms with van der Waals surface area (Å²) >= 11 is 3.35. The summed E-state index contributed by atoms with van der Waals surface area (Å²) < 4.78 is 0.792. The largest absolute Gasteiger partial charge is 0.357 e. The highest BCUT2D eigenvalue weighted by molar-refractivity contribution is 9.10. The second-order valence-corrected chi connectivity index (χ2v) is 3.49. The minimum atomic E-state index is 0.634. The summed E-state index contributed by atoms with van der Waals surface area (Å²) in [5.41, 5.74) is 8.51. The number of H-pyrrole nitrogens is 1. The monoisotopic (exact) mass is 240 g/mol. The number of hydrogen-bond donors (Lipinski definition) is 2. The van der Waals surface area contributed by atoms with Crippen molar-refractivity contribution >= 4 is 27.0 Å². The van der Waals surface area contributed by atoms with E-state index >= 15 is 0 Å². The fourth-order valence-electron chi connectivity index (χ4n) is 1.31. The Balaban J connectivity index is 2.61. The maximum absolute atomic E-state index is 5.48. The molecule has 2 aromatic rings. The first-order valence-electron chi connectivity index (χ1n) is 3.99. The third-order valence-corrected chi connectivity index (χ3v) is 2.51. The average molecular weight is 241 g/mol. The van der Waals surface area contributed by atoms with Crippen LogP contribution >= 0.6 is 15.9 Å². The number of nitrogens with two attached hydrogens (primary N) is 1. The molecule has 0 radical (unpaired) electrons. The van der Waals surface area contributed by atoms with Crippen LogP contribution in [0.3, 0.4) is 0 Å². The fraction of sp³-hybridized carbons (Fsp3) is 0.250. The molecule has 2 heterocycles. The van der Waals surface area contributed by atoms with Crippen molar-refractivity contribution in [3.05, 3.63) is 22.7 Å². The topological polar surface area (TPSA) is 67.6 Å². The molecule has 4 nitrogen and oxygen atoms in total. The van der Waals surface area contributed by atoms with Gasteiger partial charge < -0.3 is 10.7 Å². The molecule has 2 aromatic heterocycles. The zero-order valence-electron chi connectivity index (χ0n) is 6.92. The Morgan fingerprint density at radius 1 is 1.46 bits per heavy atom. The van der Waals surface area contributed by atoms with Gasteiger partial charge in [0, 0.05) is 6.20 Å². The van der Waals surface area contributed by atoms with Crippen molar-refractivity contribution in [3.8, 4) is 0 Å². The van der Waals surface area contributed by atoms with E-state index < -0.39 is 0 Å². The first-order valence-corrected chi connectivity index (χ1v) is 4.78. The smallest absolute Gasteiger partial charge is 0.133 e. The van der Waals surface area contributed by atoms with Gasteiger partial charge in [-0.15, -0.1) is 0 Å². The molecule has 0 spiro atoms. The zero-order chi connectivity index (χ0) is 9.26. The standard InChI is InChI=1S/C8H9BrN4/c9-8-7-6(12-4-13-8)5(1-2-10)3-11-7/h3-4,11H,1-2,10H2. The molecule has 5 heteroatoms. The van der Waals surface area contributed by atoms with Crippen LogP contribution in [-0.2, 0) is 6.42 Å². The molecular weight excluding hydrogens is 232 g/mol. The van der Waals surface area contributed by atoms with Crippen molar-refractivity contribution in [1.29, 1.82) is 0 Å². The van der Waals surface area contributed by atoms with E-state index in [1.54, 1.807) is 6.33 Å². The molecule has 0 saturated heterocycles. The van der Waals surface area contributed by atoms with Gasteiger partial charge in [-0.05, 0) is 34.5 Å². The van der Waals surface area contributed by atoms with Crippen molar-refractivity contribution in [1.82, 2.24) is 15.0 Å². The number of rotatable bonds is 2. The molecular formula is C8H9BrN4. The van der Waals surface area contributed by atoms with Gasteiger partial charge in [0.1, 0.15) is 10.9 Å². The highest BCUT2D eigenvalue weighted by Gasteiger charge is 2.06. The third kappa shape index (κ3) is 1.45. The summed E-state index contributed by atoms with van der Waals surface area (Å²) in [5.74, 6) is 0. The maximum Gasteiger partial charge on any atom is 0.133 e. The number of halogens is 1. The molecule has 0 atom stereocenters. The lowest BCUT2D eigenvalue weighted by Gasteiger charge is -1.94. The van der Waals surface area contributed by atoms with Gasteiger partial charge in [0.05, 0.1) is 11.0 Å². The Hall–Kier alpha value is -0.940. The van der Waals surface area contributed by atoms with Crippen molar-refractivity contribution in [3.63, 3.8) is 0 Å². The Bertz CT molecular complexity index is 423. The first-order chi connectivity index (χ1) is 6.33. The number of nitrogens with zero attached hydrogens (tertiary/aromatic N) is 2. The summed E-state index contributed by atoms with van der Waals surface area (Å²) in [7, 11) is 0. The second kappa shape index (κ2) is 3.43. The van der Waals surface area contributed by atoms with E-state index in [0.29, 0.717) is 6.54 Å². The van der Waals surface area contributed by atoms with E-state index in [4.69, 9.17) is 5.73 Å². The van der Waals surface area contributed by atoms with E-state index in [1.165, 1.54) is 0 Å². The lowest BCUT2D eigenvalue weighted by molar-refractivity contribution is 0.972. The van der Waals surface area contributed by atoms with Crippen LogP contribution in [0, 0.1) is 0 Å². The zero-order valence-corrected chi connectivity index (χ0v) is 8.50. The van der Waals surface area contributed by atoms with Crippen LogP contribution in [0.15, 0.2) is 17.1 Å². The summed E-state index contributed by atoms with van der Waals surface area (Å²) in [5, 5.41) is 0. The predicted octanol–water partition coefficient (Wildman–Crippen LogP) is 1.22. The molecule has 13 heavy (non-hydrogen) atoms. The van der Waals surface area contributed by atoms with Crippen molar-refractivity contribution < 1.29 is 0 Å². The van der Waals surface area contributed by atoms with E-state index in [2.05, 4.69) is 30.9 Å². The number of hydrogen-bond acceptors (Lipinski definition) is 3. The van der Waals surface area contributed by atoms with Gasteiger partial charge in [0.15, 0.2) is 0 Å². The average Bonchev–Trinajstić information content (AvgIpc) is 2.51. The summed E-state index contributed by atoms with van der Waals surface area (Å²) in [6.45, 7) is 0.634. The van der Waals surface area contributed by atoms with Crippen LogP contribution in [0.4, 0.5) is 0 Å². The predicted molar refractivity (Wildman–Crippen MR) is 54.3 cm³/mol. The molecule has 0 amide bonds. The van der Waals surface area contributed by atoms with Gasteiger partial charge >= 0.3 is 0 Å². The normalized spacial score (nSPS) is 10.9. The van der Waals surface area contributed by atoms with Crippen LogP contribution in [0.2, 0.25) is 0 Å². The third-order valence-electron chi connectivity index (χ3n) is 1.91. The lowest BCUT2D eigenvalue weighted by atomic mass is 10.2. The Morgan fingerprint density at radius 2 is 2.31 bits per heavy atom. The molecule has 3 N–H and O–H groups in total. The molecule has 0 unspecified atom stereocenters. The molecule has 68 valence electrons. The maximum atomic E-state index is 5.48. The fourth-order valence-corrected chi connectivity index (χ4v) is 1.70. The van der Waals surface area contributed by atoms with Crippen LogP contribution in [-0.4, -0.2) is 21.5 Å².